The van der Waals surface area contributed by atoms with Crippen molar-refractivity contribution in [1.29, 1.82) is 0 Å². The first-order valence-corrected chi connectivity index (χ1v) is 11.1. The van der Waals surface area contributed by atoms with Gasteiger partial charge in [-0.2, -0.15) is 5.10 Å². The Labute approximate surface area is 175 Å². The lowest BCUT2D eigenvalue weighted by atomic mass is 10.1. The van der Waals surface area contributed by atoms with Crippen LogP contribution in [0.25, 0.3) is 16.9 Å². The van der Waals surface area contributed by atoms with E-state index >= 15 is 0 Å². The number of sulfonamides is 1. The summed E-state index contributed by atoms with van der Waals surface area (Å²) in [7, 11) is -3.79. The second kappa shape index (κ2) is 9.21. The van der Waals surface area contributed by atoms with Crippen LogP contribution in [0.3, 0.4) is 0 Å². The van der Waals surface area contributed by atoms with E-state index in [-0.39, 0.29) is 16.5 Å². The van der Waals surface area contributed by atoms with Gasteiger partial charge in [0.15, 0.2) is 5.69 Å². The maximum atomic E-state index is 12.6. The molecule has 30 heavy (non-hydrogen) atoms. The summed E-state index contributed by atoms with van der Waals surface area (Å²) in [5.41, 5.74) is 9.07. The number of nitrogens with two attached hydrogens (primary N) is 2. The molecule has 0 radical (unpaired) electrons. The highest BCUT2D eigenvalue weighted by atomic mass is 32.2. The second-order valence-corrected chi connectivity index (χ2v) is 8.54. The molecule has 1 heterocycles. The fourth-order valence-corrected chi connectivity index (χ4v) is 3.47. The highest BCUT2D eigenvalue weighted by Gasteiger charge is 2.17. The molecule has 5 N–H and O–H groups in total. The molecule has 8 nitrogen and oxygen atoms in total. The minimum atomic E-state index is -3.79. The number of benzene rings is 2. The molecule has 0 fully saturated rings. The van der Waals surface area contributed by atoms with Crippen LogP contribution < -0.4 is 16.2 Å². The summed E-state index contributed by atoms with van der Waals surface area (Å²) in [6.07, 6.45) is 1.63. The molecule has 0 atom stereocenters. The maximum absolute atomic E-state index is 12.6. The van der Waals surface area contributed by atoms with Crippen LogP contribution in [0, 0.1) is 6.92 Å². The smallest absolute Gasteiger partial charge is 0.271 e. The first-order chi connectivity index (χ1) is 14.3. The zero-order chi connectivity index (χ0) is 21.7. The number of hydrogen-bond acceptors (Lipinski definition) is 5. The first-order valence-electron chi connectivity index (χ1n) is 9.58. The summed E-state index contributed by atoms with van der Waals surface area (Å²) in [6.45, 7) is 3.09. The number of carbonyl (C=O) groups is 1. The Bertz CT molecular complexity index is 1120. The second-order valence-electron chi connectivity index (χ2n) is 6.98. The SMILES string of the molecule is Cc1ccc(-c2cc(C(=O)NCCCCN)nn2-c2ccc(S(N)(=O)=O)cc2)cc1. The van der Waals surface area contributed by atoms with Crippen LogP contribution in [0.4, 0.5) is 0 Å². The molecule has 3 aromatic rings. The summed E-state index contributed by atoms with van der Waals surface area (Å²) in [6, 6.07) is 15.6. The zero-order valence-electron chi connectivity index (χ0n) is 16.7. The fourth-order valence-electron chi connectivity index (χ4n) is 2.96. The summed E-state index contributed by atoms with van der Waals surface area (Å²) in [5, 5.41) is 12.5. The molecular weight excluding hydrogens is 402 g/mol. The number of nitrogens with zero attached hydrogens (tertiary/aromatic N) is 2. The van der Waals surface area contributed by atoms with Crippen LogP contribution >= 0.6 is 0 Å². The predicted octanol–water partition coefficient (Wildman–Crippen LogP) is 1.96. The molecule has 0 unspecified atom stereocenters. The topological polar surface area (TPSA) is 133 Å². The highest BCUT2D eigenvalue weighted by Crippen LogP contribution is 2.25. The van der Waals surface area contributed by atoms with Gasteiger partial charge in [0.05, 0.1) is 16.3 Å². The number of aromatic nitrogens is 2. The number of rotatable bonds is 8. The third kappa shape index (κ3) is 5.12. The largest absolute Gasteiger partial charge is 0.351 e. The average molecular weight is 428 g/mol. The molecular formula is C21H25N5O3S. The molecule has 9 heteroatoms. The maximum Gasteiger partial charge on any atom is 0.271 e. The van der Waals surface area contributed by atoms with Crippen LogP contribution in [0.15, 0.2) is 59.5 Å². The minimum absolute atomic E-state index is 0.00756. The van der Waals surface area contributed by atoms with Crippen LogP contribution in [0.5, 0.6) is 0 Å². The number of carbonyl (C=O) groups excluding carboxylic acids is 1. The lowest BCUT2D eigenvalue weighted by Gasteiger charge is -2.08. The van der Waals surface area contributed by atoms with Gasteiger partial charge in [-0.15, -0.1) is 0 Å². The van der Waals surface area contributed by atoms with Crippen LogP contribution in [-0.4, -0.2) is 37.2 Å². The number of aryl methyl sites for hydroxylation is 1. The number of amides is 1. The molecule has 158 valence electrons. The standard InChI is InChI=1S/C21H25N5O3S/c1-15-4-6-16(7-5-15)20-14-19(21(27)24-13-3-2-12-22)25-26(20)17-8-10-18(11-9-17)30(23,28)29/h4-11,14H,2-3,12-13,22H2,1H3,(H,24,27)(H2,23,28,29). The Morgan fingerprint density at radius 1 is 1.07 bits per heavy atom. The van der Waals surface area contributed by atoms with Gasteiger partial charge in [-0.25, -0.2) is 18.2 Å². The summed E-state index contributed by atoms with van der Waals surface area (Å²) in [5.74, 6) is -0.278. The molecule has 2 aromatic carbocycles. The van der Waals surface area contributed by atoms with E-state index in [9.17, 15) is 13.2 Å². The summed E-state index contributed by atoms with van der Waals surface area (Å²) >= 11 is 0. The highest BCUT2D eigenvalue weighted by molar-refractivity contribution is 7.89. The van der Waals surface area contributed by atoms with Gasteiger partial charge >= 0.3 is 0 Å². The van der Waals surface area contributed by atoms with E-state index in [1.165, 1.54) is 12.1 Å². The Balaban J connectivity index is 1.98. The van der Waals surface area contributed by atoms with E-state index in [4.69, 9.17) is 10.9 Å². The van der Waals surface area contributed by atoms with Gasteiger partial charge in [0.25, 0.3) is 5.91 Å². The van der Waals surface area contributed by atoms with E-state index in [0.717, 1.165) is 24.0 Å². The lowest BCUT2D eigenvalue weighted by Crippen LogP contribution is -2.25. The normalized spacial score (nSPS) is 11.4. The van der Waals surface area contributed by atoms with Crippen molar-refractivity contribution in [3.8, 4) is 16.9 Å². The van der Waals surface area contributed by atoms with Crippen molar-refractivity contribution in [2.45, 2.75) is 24.7 Å². The van der Waals surface area contributed by atoms with Gasteiger partial charge in [0.1, 0.15) is 0 Å². The fraction of sp³-hybridized carbons (Fsp3) is 0.238. The number of unbranched alkanes of at least 4 members (excludes halogenated alkanes) is 1. The van der Waals surface area contributed by atoms with Gasteiger partial charge in [0.2, 0.25) is 10.0 Å². The van der Waals surface area contributed by atoms with E-state index < -0.39 is 10.0 Å². The number of hydrogen-bond donors (Lipinski definition) is 3. The molecule has 3 rings (SSSR count). The van der Waals surface area contributed by atoms with Crippen LogP contribution in [0.2, 0.25) is 0 Å². The third-order valence-electron chi connectivity index (χ3n) is 4.62. The molecule has 1 aromatic heterocycles. The van der Waals surface area contributed by atoms with Crippen molar-refractivity contribution >= 4 is 15.9 Å². The van der Waals surface area contributed by atoms with Crippen molar-refractivity contribution < 1.29 is 13.2 Å². The number of nitrogens with one attached hydrogen (secondary N) is 1. The molecule has 0 aliphatic carbocycles. The molecule has 0 aliphatic rings. The monoisotopic (exact) mass is 427 g/mol. The van der Waals surface area contributed by atoms with Gasteiger partial charge in [0, 0.05) is 12.1 Å². The van der Waals surface area contributed by atoms with Crippen LogP contribution in [0.1, 0.15) is 28.9 Å². The van der Waals surface area contributed by atoms with Crippen molar-refractivity contribution in [2.75, 3.05) is 13.1 Å². The van der Waals surface area contributed by atoms with Crippen molar-refractivity contribution in [3.63, 3.8) is 0 Å². The zero-order valence-corrected chi connectivity index (χ0v) is 17.5. The Hall–Kier alpha value is -3.01. The molecule has 0 spiro atoms. The van der Waals surface area contributed by atoms with Gasteiger partial charge < -0.3 is 11.1 Å². The van der Waals surface area contributed by atoms with Crippen molar-refractivity contribution in [2.24, 2.45) is 10.9 Å². The lowest BCUT2D eigenvalue weighted by molar-refractivity contribution is 0.0947. The minimum Gasteiger partial charge on any atom is -0.351 e. The molecule has 0 saturated carbocycles. The molecule has 0 saturated heterocycles. The van der Waals surface area contributed by atoms with Gasteiger partial charge in [-0.3, -0.25) is 4.79 Å². The first kappa shape index (κ1) is 21.7. The predicted molar refractivity (Wildman–Crippen MR) is 116 cm³/mol. The van der Waals surface area contributed by atoms with Crippen molar-refractivity contribution in [1.82, 2.24) is 15.1 Å². The molecule has 0 bridgehead atoms. The summed E-state index contributed by atoms with van der Waals surface area (Å²) in [4.78, 5) is 12.6. The van der Waals surface area contributed by atoms with E-state index in [1.54, 1.807) is 22.9 Å². The van der Waals surface area contributed by atoms with E-state index in [2.05, 4.69) is 10.4 Å². The van der Waals surface area contributed by atoms with E-state index in [1.807, 2.05) is 31.2 Å². The van der Waals surface area contributed by atoms with Crippen molar-refractivity contribution in [3.05, 3.63) is 65.9 Å². The van der Waals surface area contributed by atoms with Crippen LogP contribution in [-0.2, 0) is 10.0 Å². The third-order valence-corrected chi connectivity index (χ3v) is 5.54. The molecule has 0 aliphatic heterocycles. The van der Waals surface area contributed by atoms with Gasteiger partial charge in [-0.1, -0.05) is 29.8 Å². The van der Waals surface area contributed by atoms with Gasteiger partial charge in [-0.05, 0) is 56.6 Å². The average Bonchev–Trinajstić information content (AvgIpc) is 3.16. The summed E-state index contributed by atoms with van der Waals surface area (Å²) < 4.78 is 24.7. The Kier molecular flexibility index (Phi) is 6.66. The Morgan fingerprint density at radius 3 is 2.33 bits per heavy atom. The van der Waals surface area contributed by atoms with E-state index in [0.29, 0.717) is 24.5 Å². The Morgan fingerprint density at radius 2 is 1.73 bits per heavy atom. The number of primary sulfonamides is 1. The molecule has 1 amide bonds. The quantitative estimate of drug-likeness (QED) is 0.473.